The first-order chi connectivity index (χ1) is 9.21. The van der Waals surface area contributed by atoms with Crippen LogP contribution in [0.15, 0.2) is 6.07 Å². The highest BCUT2D eigenvalue weighted by Crippen LogP contribution is 2.25. The van der Waals surface area contributed by atoms with Gasteiger partial charge < -0.3 is 15.2 Å². The molecule has 106 valence electrons. The van der Waals surface area contributed by atoms with Crippen molar-refractivity contribution in [1.82, 2.24) is 9.97 Å². The number of nitrogens with two attached hydrogens (primary N) is 1. The van der Waals surface area contributed by atoms with Gasteiger partial charge in [0, 0.05) is 26.0 Å². The molecule has 19 heavy (non-hydrogen) atoms. The van der Waals surface area contributed by atoms with Gasteiger partial charge in [0.1, 0.15) is 17.7 Å². The third kappa shape index (κ3) is 4.06. The van der Waals surface area contributed by atoms with Crippen LogP contribution in [-0.4, -0.2) is 29.3 Å². The van der Waals surface area contributed by atoms with Crippen LogP contribution < -0.4 is 10.5 Å². The normalized spacial score (nSPS) is 23.3. The van der Waals surface area contributed by atoms with Crippen molar-refractivity contribution in [3.63, 3.8) is 0 Å². The molecular weight excluding hydrogens is 242 g/mol. The molecule has 1 heterocycles. The molecule has 0 saturated heterocycles. The maximum Gasteiger partial charge on any atom is 0.218 e. The number of hydrogen-bond donors (Lipinski definition) is 1. The fourth-order valence-corrected chi connectivity index (χ4v) is 2.48. The summed E-state index contributed by atoms with van der Waals surface area (Å²) in [5, 5.41) is 0. The van der Waals surface area contributed by atoms with Gasteiger partial charge in [0.15, 0.2) is 0 Å². The van der Waals surface area contributed by atoms with Crippen molar-refractivity contribution in [2.75, 3.05) is 12.8 Å². The van der Waals surface area contributed by atoms with E-state index in [1.165, 1.54) is 0 Å². The van der Waals surface area contributed by atoms with Gasteiger partial charge in [-0.2, -0.15) is 4.98 Å². The second kappa shape index (κ2) is 6.70. The number of anilines is 1. The largest absolute Gasteiger partial charge is 0.474 e. The van der Waals surface area contributed by atoms with Crippen LogP contribution in [0.4, 0.5) is 5.82 Å². The zero-order valence-corrected chi connectivity index (χ0v) is 11.8. The van der Waals surface area contributed by atoms with E-state index in [9.17, 15) is 0 Å². The molecule has 0 spiro atoms. The molecule has 1 aliphatic carbocycles. The lowest BCUT2D eigenvalue weighted by atomic mass is 9.95. The molecule has 2 atom stereocenters. The van der Waals surface area contributed by atoms with Gasteiger partial charge in [-0.05, 0) is 25.7 Å². The summed E-state index contributed by atoms with van der Waals surface area (Å²) in [7, 11) is 1.76. The Bertz CT molecular complexity index is 412. The van der Waals surface area contributed by atoms with E-state index < -0.39 is 0 Å². The van der Waals surface area contributed by atoms with Crippen LogP contribution in [0, 0.1) is 0 Å². The number of methoxy groups -OCH3 is 1. The number of ether oxygens (including phenoxy) is 2. The average molecular weight is 265 g/mol. The van der Waals surface area contributed by atoms with Gasteiger partial charge in [-0.3, -0.25) is 0 Å². The molecule has 1 aliphatic rings. The summed E-state index contributed by atoms with van der Waals surface area (Å²) in [4.78, 5) is 8.62. The SMILES string of the molecule is CCCc1nc(N)cc(OC2CCCC(OC)C2)n1. The van der Waals surface area contributed by atoms with Gasteiger partial charge in [-0.15, -0.1) is 0 Å². The maximum atomic E-state index is 5.94. The summed E-state index contributed by atoms with van der Waals surface area (Å²) in [6.45, 7) is 2.09. The monoisotopic (exact) mass is 265 g/mol. The Balaban J connectivity index is 2.01. The van der Waals surface area contributed by atoms with E-state index >= 15 is 0 Å². The number of nitrogens with zero attached hydrogens (tertiary/aromatic N) is 2. The highest BCUT2D eigenvalue weighted by molar-refractivity contribution is 5.33. The van der Waals surface area contributed by atoms with E-state index in [1.54, 1.807) is 13.2 Å². The minimum absolute atomic E-state index is 0.169. The molecule has 1 saturated carbocycles. The molecule has 2 N–H and O–H groups in total. The number of hydrogen-bond acceptors (Lipinski definition) is 5. The zero-order chi connectivity index (χ0) is 13.7. The highest BCUT2D eigenvalue weighted by atomic mass is 16.5. The summed E-state index contributed by atoms with van der Waals surface area (Å²) in [6, 6.07) is 1.70. The Morgan fingerprint density at radius 2 is 2.11 bits per heavy atom. The van der Waals surface area contributed by atoms with Crippen molar-refractivity contribution in [1.29, 1.82) is 0 Å². The van der Waals surface area contributed by atoms with Gasteiger partial charge in [0.2, 0.25) is 5.88 Å². The predicted octanol–water partition coefficient (Wildman–Crippen LogP) is 2.35. The van der Waals surface area contributed by atoms with Gasteiger partial charge in [0.25, 0.3) is 0 Å². The van der Waals surface area contributed by atoms with E-state index in [-0.39, 0.29) is 6.10 Å². The van der Waals surface area contributed by atoms with Crippen LogP contribution in [0.5, 0.6) is 5.88 Å². The van der Waals surface area contributed by atoms with Crippen molar-refractivity contribution in [2.24, 2.45) is 0 Å². The van der Waals surface area contributed by atoms with Gasteiger partial charge in [0.05, 0.1) is 6.10 Å². The molecule has 1 aromatic rings. The number of aromatic nitrogens is 2. The first kappa shape index (κ1) is 14.1. The summed E-state index contributed by atoms with van der Waals surface area (Å²) >= 11 is 0. The van der Waals surface area contributed by atoms with Crippen LogP contribution in [0.1, 0.15) is 44.9 Å². The van der Waals surface area contributed by atoms with Crippen molar-refractivity contribution >= 4 is 5.82 Å². The fraction of sp³-hybridized carbons (Fsp3) is 0.714. The average Bonchev–Trinajstić information content (AvgIpc) is 2.38. The van der Waals surface area contributed by atoms with E-state index in [1.807, 2.05) is 0 Å². The summed E-state index contributed by atoms with van der Waals surface area (Å²) in [5.41, 5.74) is 5.79. The molecule has 0 amide bonds. The van der Waals surface area contributed by atoms with Gasteiger partial charge in [-0.1, -0.05) is 6.92 Å². The van der Waals surface area contributed by atoms with E-state index in [0.717, 1.165) is 44.3 Å². The Labute approximate surface area is 114 Å². The van der Waals surface area contributed by atoms with Crippen molar-refractivity contribution in [2.45, 2.75) is 57.7 Å². The molecule has 2 unspecified atom stereocenters. The van der Waals surface area contributed by atoms with Crippen molar-refractivity contribution < 1.29 is 9.47 Å². The first-order valence-corrected chi connectivity index (χ1v) is 7.04. The van der Waals surface area contributed by atoms with Crippen LogP contribution in [0.25, 0.3) is 0 Å². The second-order valence-electron chi connectivity index (χ2n) is 5.06. The molecule has 0 aromatic carbocycles. The lowest BCUT2D eigenvalue weighted by molar-refractivity contribution is 0.0194. The van der Waals surface area contributed by atoms with Gasteiger partial charge >= 0.3 is 0 Å². The molecule has 5 nitrogen and oxygen atoms in total. The van der Waals surface area contributed by atoms with Crippen LogP contribution in [0.2, 0.25) is 0 Å². The Kier molecular flexibility index (Phi) is 4.96. The van der Waals surface area contributed by atoms with Crippen LogP contribution >= 0.6 is 0 Å². The Morgan fingerprint density at radius 1 is 1.32 bits per heavy atom. The number of nitrogen functional groups attached to an aromatic ring is 1. The summed E-state index contributed by atoms with van der Waals surface area (Å²) in [5.74, 6) is 1.84. The fourth-order valence-electron chi connectivity index (χ4n) is 2.48. The molecule has 5 heteroatoms. The lowest BCUT2D eigenvalue weighted by Gasteiger charge is -2.28. The standard InChI is InChI=1S/C14H23N3O2/c1-3-5-13-16-12(15)9-14(17-13)19-11-7-4-6-10(8-11)18-2/h9-11H,3-8H2,1-2H3,(H2,15,16,17). The van der Waals surface area contributed by atoms with E-state index in [2.05, 4.69) is 16.9 Å². The van der Waals surface area contributed by atoms with Crippen molar-refractivity contribution in [3.05, 3.63) is 11.9 Å². The van der Waals surface area contributed by atoms with E-state index in [0.29, 0.717) is 17.8 Å². The number of rotatable bonds is 5. The lowest BCUT2D eigenvalue weighted by Crippen LogP contribution is -2.29. The third-order valence-corrected chi connectivity index (χ3v) is 3.44. The zero-order valence-electron chi connectivity index (χ0n) is 11.8. The first-order valence-electron chi connectivity index (χ1n) is 7.04. The minimum Gasteiger partial charge on any atom is -0.474 e. The maximum absolute atomic E-state index is 5.94. The van der Waals surface area contributed by atoms with Gasteiger partial charge in [-0.25, -0.2) is 4.98 Å². The topological polar surface area (TPSA) is 70.3 Å². The van der Waals surface area contributed by atoms with Crippen LogP contribution in [0.3, 0.4) is 0 Å². The summed E-state index contributed by atoms with van der Waals surface area (Å²) < 4.78 is 11.4. The molecular formula is C14H23N3O2. The quantitative estimate of drug-likeness (QED) is 0.885. The molecule has 0 radical (unpaired) electrons. The third-order valence-electron chi connectivity index (χ3n) is 3.44. The van der Waals surface area contributed by atoms with Crippen LogP contribution in [-0.2, 0) is 11.2 Å². The second-order valence-corrected chi connectivity index (χ2v) is 5.06. The highest BCUT2D eigenvalue weighted by Gasteiger charge is 2.23. The molecule has 1 aromatic heterocycles. The molecule has 0 aliphatic heterocycles. The predicted molar refractivity (Wildman–Crippen MR) is 74.1 cm³/mol. The molecule has 0 bridgehead atoms. The molecule has 2 rings (SSSR count). The number of aryl methyl sites for hydroxylation is 1. The minimum atomic E-state index is 0.169. The summed E-state index contributed by atoms with van der Waals surface area (Å²) in [6.07, 6.45) is 6.51. The van der Waals surface area contributed by atoms with Crippen molar-refractivity contribution in [3.8, 4) is 5.88 Å². The Morgan fingerprint density at radius 3 is 2.84 bits per heavy atom. The van der Waals surface area contributed by atoms with E-state index in [4.69, 9.17) is 15.2 Å². The molecule has 1 fully saturated rings. The smallest absolute Gasteiger partial charge is 0.218 e. The Hall–Kier alpha value is -1.36.